The number of benzene rings is 1. The molecule has 1 N–H and O–H groups in total. The molecule has 21 heavy (non-hydrogen) atoms. The smallest absolute Gasteiger partial charge is 0.325 e. The molecule has 2 rings (SSSR count). The highest BCUT2D eigenvalue weighted by Gasteiger charge is 2.33. The lowest BCUT2D eigenvalue weighted by Crippen LogP contribution is -2.53. The number of aliphatic carboxylic acids is 1. The molecule has 0 amide bonds. The van der Waals surface area contributed by atoms with Gasteiger partial charge in [-0.2, -0.15) is 0 Å². The maximum atomic E-state index is 11.8. The minimum Gasteiger partial charge on any atom is -0.497 e. The van der Waals surface area contributed by atoms with E-state index >= 15 is 0 Å². The van der Waals surface area contributed by atoms with Gasteiger partial charge in [0.25, 0.3) is 0 Å². The molecule has 2 atom stereocenters. The third-order valence-electron chi connectivity index (χ3n) is 4.29. The second-order valence-electron chi connectivity index (χ2n) is 5.56. The first-order valence-electron chi connectivity index (χ1n) is 7.37. The van der Waals surface area contributed by atoms with E-state index in [0.717, 1.165) is 31.6 Å². The highest BCUT2D eigenvalue weighted by molar-refractivity contribution is 5.75. The van der Waals surface area contributed by atoms with E-state index in [-0.39, 0.29) is 0 Å². The van der Waals surface area contributed by atoms with E-state index in [1.807, 2.05) is 24.3 Å². The van der Waals surface area contributed by atoms with Crippen LogP contribution in [0.2, 0.25) is 0 Å². The number of carboxylic acids is 1. The van der Waals surface area contributed by atoms with E-state index < -0.39 is 12.0 Å². The summed E-state index contributed by atoms with van der Waals surface area (Å²) in [4.78, 5) is 16.1. The van der Waals surface area contributed by atoms with Crippen LogP contribution in [0.5, 0.6) is 5.75 Å². The van der Waals surface area contributed by atoms with Crippen LogP contribution in [0.25, 0.3) is 0 Å². The number of hydrogen-bond donors (Lipinski definition) is 1. The third-order valence-corrected chi connectivity index (χ3v) is 4.29. The van der Waals surface area contributed by atoms with Crippen molar-refractivity contribution in [2.45, 2.75) is 25.4 Å². The second-order valence-corrected chi connectivity index (χ2v) is 5.56. The number of methoxy groups -OCH3 is 1. The van der Waals surface area contributed by atoms with Gasteiger partial charge >= 0.3 is 5.97 Å². The molecule has 0 saturated carbocycles. The molecular formula is C16H24N2O3. The van der Waals surface area contributed by atoms with Gasteiger partial charge in [0.15, 0.2) is 0 Å². The van der Waals surface area contributed by atoms with E-state index in [0.29, 0.717) is 11.8 Å². The van der Waals surface area contributed by atoms with Crippen LogP contribution in [-0.2, 0) is 4.79 Å². The van der Waals surface area contributed by atoms with E-state index in [1.54, 1.807) is 7.11 Å². The summed E-state index contributed by atoms with van der Waals surface area (Å²) in [5.41, 5.74) is 0.779. The van der Waals surface area contributed by atoms with Gasteiger partial charge in [0.2, 0.25) is 0 Å². The van der Waals surface area contributed by atoms with Gasteiger partial charge in [-0.05, 0) is 31.2 Å². The molecule has 5 heteroatoms. The van der Waals surface area contributed by atoms with Crippen LogP contribution in [0.3, 0.4) is 0 Å². The molecule has 1 aromatic rings. The van der Waals surface area contributed by atoms with E-state index in [2.05, 4.69) is 23.8 Å². The van der Waals surface area contributed by atoms with E-state index in [1.165, 1.54) is 0 Å². The van der Waals surface area contributed by atoms with Gasteiger partial charge in [0, 0.05) is 25.7 Å². The zero-order valence-corrected chi connectivity index (χ0v) is 13.0. The summed E-state index contributed by atoms with van der Waals surface area (Å²) >= 11 is 0. The molecule has 1 fully saturated rings. The maximum Gasteiger partial charge on any atom is 0.325 e. The molecule has 0 aliphatic carbocycles. The van der Waals surface area contributed by atoms with Gasteiger partial charge < -0.3 is 14.7 Å². The Kier molecular flexibility index (Phi) is 5.20. The number of carboxylic acid groups (broad SMARTS) is 1. The van der Waals surface area contributed by atoms with Crippen LogP contribution >= 0.6 is 0 Å². The van der Waals surface area contributed by atoms with Crippen molar-refractivity contribution in [3.05, 3.63) is 29.8 Å². The lowest BCUT2D eigenvalue weighted by molar-refractivity contribution is -0.144. The largest absolute Gasteiger partial charge is 0.497 e. The summed E-state index contributed by atoms with van der Waals surface area (Å²) < 4.78 is 5.21. The summed E-state index contributed by atoms with van der Waals surface area (Å²) in [6, 6.07) is 7.16. The molecule has 5 nitrogen and oxygen atoms in total. The molecule has 0 radical (unpaired) electrons. The maximum absolute atomic E-state index is 11.8. The van der Waals surface area contributed by atoms with Crippen LogP contribution in [-0.4, -0.2) is 60.7 Å². The second kappa shape index (κ2) is 6.91. The molecule has 0 bridgehead atoms. The number of rotatable bonds is 5. The third kappa shape index (κ3) is 3.54. The Bertz CT molecular complexity index is 492. The Morgan fingerprint density at radius 1 is 1.48 bits per heavy atom. The fourth-order valence-corrected chi connectivity index (χ4v) is 2.97. The van der Waals surface area contributed by atoms with Gasteiger partial charge in [-0.15, -0.1) is 0 Å². The highest BCUT2D eigenvalue weighted by atomic mass is 16.5. The molecule has 1 aliphatic rings. The average molecular weight is 292 g/mol. The molecule has 116 valence electrons. The Morgan fingerprint density at radius 2 is 2.24 bits per heavy atom. The topological polar surface area (TPSA) is 53.0 Å². The number of likely N-dealkylation sites (N-methyl/N-ethyl adjacent to an activating group) is 1. The Morgan fingerprint density at radius 3 is 2.86 bits per heavy atom. The zero-order chi connectivity index (χ0) is 15.4. The summed E-state index contributed by atoms with van der Waals surface area (Å²) in [5.74, 6) is -0.109. The molecule has 0 spiro atoms. The molecular weight excluding hydrogens is 268 g/mol. The van der Waals surface area contributed by atoms with Crippen LogP contribution in [0, 0.1) is 0 Å². The first kappa shape index (κ1) is 15.8. The fraction of sp³-hybridized carbons (Fsp3) is 0.562. The SMILES string of the molecule is CCC1CN(C(C(=O)O)c2cccc(OC)c2)CCN1C. The van der Waals surface area contributed by atoms with Crippen molar-refractivity contribution in [1.29, 1.82) is 0 Å². The zero-order valence-electron chi connectivity index (χ0n) is 13.0. The first-order chi connectivity index (χ1) is 10.1. The lowest BCUT2D eigenvalue weighted by Gasteiger charge is -2.41. The standard InChI is InChI=1S/C16H24N2O3/c1-4-13-11-18(9-8-17(13)2)15(16(19)20)12-6-5-7-14(10-12)21-3/h5-7,10,13,15H,4,8-9,11H2,1-3H3,(H,19,20). The monoisotopic (exact) mass is 292 g/mol. The van der Waals surface area contributed by atoms with Crippen molar-refractivity contribution in [3.8, 4) is 5.75 Å². The number of hydrogen-bond acceptors (Lipinski definition) is 4. The average Bonchev–Trinajstić information content (AvgIpc) is 2.49. The molecule has 1 aliphatic heterocycles. The number of piperazine rings is 1. The summed E-state index contributed by atoms with van der Waals surface area (Å²) in [7, 11) is 3.70. The predicted octanol–water partition coefficient (Wildman–Crippen LogP) is 1.85. The first-order valence-corrected chi connectivity index (χ1v) is 7.37. The lowest BCUT2D eigenvalue weighted by atomic mass is 10.0. The van der Waals surface area contributed by atoms with Crippen molar-refractivity contribution < 1.29 is 14.6 Å². The van der Waals surface area contributed by atoms with Crippen molar-refractivity contribution in [2.24, 2.45) is 0 Å². The summed E-state index contributed by atoms with van der Waals surface area (Å²) in [6.45, 7) is 4.58. The Labute approximate surface area is 126 Å². The van der Waals surface area contributed by atoms with Crippen LogP contribution in [0.1, 0.15) is 24.9 Å². The van der Waals surface area contributed by atoms with Crippen molar-refractivity contribution in [2.75, 3.05) is 33.8 Å². The van der Waals surface area contributed by atoms with Gasteiger partial charge in [-0.3, -0.25) is 9.69 Å². The van der Waals surface area contributed by atoms with Gasteiger partial charge in [-0.25, -0.2) is 0 Å². The van der Waals surface area contributed by atoms with Gasteiger partial charge in [-0.1, -0.05) is 19.1 Å². The van der Waals surface area contributed by atoms with Crippen molar-refractivity contribution >= 4 is 5.97 Å². The van der Waals surface area contributed by atoms with Crippen molar-refractivity contribution in [1.82, 2.24) is 9.80 Å². The normalized spacial score (nSPS) is 22.0. The van der Waals surface area contributed by atoms with Crippen LogP contribution < -0.4 is 4.74 Å². The minimum absolute atomic E-state index is 0.409. The molecule has 1 aromatic carbocycles. The molecule has 2 unspecified atom stereocenters. The van der Waals surface area contributed by atoms with Crippen molar-refractivity contribution in [3.63, 3.8) is 0 Å². The number of carbonyl (C=O) groups is 1. The predicted molar refractivity (Wildman–Crippen MR) is 81.7 cm³/mol. The summed E-state index contributed by atoms with van der Waals surface area (Å²) in [5, 5.41) is 9.67. The number of ether oxygens (including phenoxy) is 1. The minimum atomic E-state index is -0.803. The highest BCUT2D eigenvalue weighted by Crippen LogP contribution is 2.27. The van der Waals surface area contributed by atoms with Gasteiger partial charge in [0.1, 0.15) is 11.8 Å². The molecule has 1 saturated heterocycles. The van der Waals surface area contributed by atoms with Crippen LogP contribution in [0.4, 0.5) is 0 Å². The van der Waals surface area contributed by atoms with E-state index in [4.69, 9.17) is 4.74 Å². The van der Waals surface area contributed by atoms with Crippen LogP contribution in [0.15, 0.2) is 24.3 Å². The van der Waals surface area contributed by atoms with E-state index in [9.17, 15) is 9.90 Å². The Balaban J connectivity index is 2.24. The Hall–Kier alpha value is -1.59. The van der Waals surface area contributed by atoms with Gasteiger partial charge in [0.05, 0.1) is 7.11 Å². The fourth-order valence-electron chi connectivity index (χ4n) is 2.97. The quantitative estimate of drug-likeness (QED) is 0.897. The molecule has 1 heterocycles. The number of nitrogens with zero attached hydrogens (tertiary/aromatic N) is 2. The summed E-state index contributed by atoms with van der Waals surface area (Å²) in [6.07, 6.45) is 1.03. The molecule has 0 aromatic heterocycles.